The highest BCUT2D eigenvalue weighted by Gasteiger charge is 2.26. The summed E-state index contributed by atoms with van der Waals surface area (Å²) in [6, 6.07) is 16.6. The molecule has 4 nitrogen and oxygen atoms in total. The lowest BCUT2D eigenvalue weighted by Gasteiger charge is -2.39. The number of para-hydroxylation sites is 1. The van der Waals surface area contributed by atoms with Crippen molar-refractivity contribution in [3.63, 3.8) is 0 Å². The Bertz CT molecular complexity index is 703. The maximum atomic E-state index is 13.2. The molecule has 1 fully saturated rings. The van der Waals surface area contributed by atoms with Gasteiger partial charge in [-0.05, 0) is 36.2 Å². The van der Waals surface area contributed by atoms with Crippen molar-refractivity contribution in [2.45, 2.75) is 25.8 Å². The van der Waals surface area contributed by atoms with Gasteiger partial charge in [0.05, 0.1) is 0 Å². The molecule has 1 heterocycles. The molecular weight excluding hydrogens is 365 g/mol. The average Bonchev–Trinajstić information content (AvgIpc) is 2.68. The number of amides is 2. The summed E-state index contributed by atoms with van der Waals surface area (Å²) in [6.07, 6.45) is 2.10. The Labute approximate surface area is 166 Å². The number of anilines is 1. The molecule has 2 amide bonds. The molecule has 0 aromatic heterocycles. The SMILES string of the molecule is CCCC(c1ccc(F)cc1)N1CCN(C(=O)Nc2ccccc2)CC1.Cl. The van der Waals surface area contributed by atoms with Crippen LogP contribution >= 0.6 is 12.4 Å². The lowest BCUT2D eigenvalue weighted by Crippen LogP contribution is -2.50. The standard InChI is InChI=1S/C21H26FN3O.ClH/c1-2-6-20(17-9-11-18(22)12-10-17)24-13-15-25(16-14-24)21(26)23-19-7-4-3-5-8-19;/h3-5,7-12,20H,2,6,13-16H2,1H3,(H,23,26);1H. The minimum atomic E-state index is -0.202. The molecule has 1 aliphatic heterocycles. The largest absolute Gasteiger partial charge is 0.322 e. The highest BCUT2D eigenvalue weighted by Crippen LogP contribution is 2.27. The summed E-state index contributed by atoms with van der Waals surface area (Å²) in [7, 11) is 0. The van der Waals surface area contributed by atoms with Crippen LogP contribution in [-0.2, 0) is 0 Å². The molecule has 2 aromatic rings. The van der Waals surface area contributed by atoms with Crippen LogP contribution in [0, 0.1) is 5.82 Å². The molecular formula is C21H27ClFN3O. The highest BCUT2D eigenvalue weighted by atomic mass is 35.5. The molecule has 0 bridgehead atoms. The van der Waals surface area contributed by atoms with Gasteiger partial charge >= 0.3 is 6.03 Å². The number of carbonyl (C=O) groups excluding carboxylic acids is 1. The van der Waals surface area contributed by atoms with Crippen LogP contribution in [0.3, 0.4) is 0 Å². The molecule has 0 radical (unpaired) electrons. The third kappa shape index (κ3) is 5.68. The van der Waals surface area contributed by atoms with Crippen molar-refractivity contribution in [1.82, 2.24) is 9.80 Å². The van der Waals surface area contributed by atoms with Crippen LogP contribution in [0.4, 0.5) is 14.9 Å². The molecule has 1 atom stereocenters. The first-order valence-electron chi connectivity index (χ1n) is 9.28. The number of hydrogen-bond acceptors (Lipinski definition) is 2. The third-order valence-corrected chi connectivity index (χ3v) is 4.88. The van der Waals surface area contributed by atoms with Crippen LogP contribution < -0.4 is 5.32 Å². The molecule has 0 aliphatic carbocycles. The van der Waals surface area contributed by atoms with Gasteiger partial charge < -0.3 is 10.2 Å². The maximum Gasteiger partial charge on any atom is 0.321 e. The van der Waals surface area contributed by atoms with E-state index in [0.717, 1.165) is 37.2 Å². The van der Waals surface area contributed by atoms with Gasteiger partial charge in [0.1, 0.15) is 5.82 Å². The molecule has 3 rings (SSSR count). The first-order valence-corrected chi connectivity index (χ1v) is 9.28. The van der Waals surface area contributed by atoms with Crippen LogP contribution in [0.2, 0.25) is 0 Å². The second kappa shape index (κ2) is 10.3. The highest BCUT2D eigenvalue weighted by molar-refractivity contribution is 5.89. The summed E-state index contributed by atoms with van der Waals surface area (Å²) in [5.41, 5.74) is 1.96. The van der Waals surface area contributed by atoms with E-state index in [4.69, 9.17) is 0 Å². The Balaban J connectivity index is 0.00000261. The minimum absolute atomic E-state index is 0. The fourth-order valence-corrected chi connectivity index (χ4v) is 3.48. The number of benzene rings is 2. The predicted octanol–water partition coefficient (Wildman–Crippen LogP) is 4.94. The first-order chi connectivity index (χ1) is 12.7. The van der Waals surface area contributed by atoms with Crippen molar-refractivity contribution in [3.8, 4) is 0 Å². The van der Waals surface area contributed by atoms with Crippen molar-refractivity contribution in [2.24, 2.45) is 0 Å². The van der Waals surface area contributed by atoms with E-state index < -0.39 is 0 Å². The summed E-state index contributed by atoms with van der Waals surface area (Å²) in [5.74, 6) is -0.202. The molecule has 0 spiro atoms. The number of piperazine rings is 1. The van der Waals surface area contributed by atoms with E-state index >= 15 is 0 Å². The van der Waals surface area contributed by atoms with Gasteiger partial charge in [-0.15, -0.1) is 12.4 Å². The normalized spacial score (nSPS) is 15.7. The zero-order valence-corrected chi connectivity index (χ0v) is 16.4. The van der Waals surface area contributed by atoms with E-state index in [2.05, 4.69) is 17.1 Å². The number of halogens is 2. The zero-order chi connectivity index (χ0) is 18.4. The smallest absolute Gasteiger partial charge is 0.321 e. The second-order valence-corrected chi connectivity index (χ2v) is 6.68. The molecule has 146 valence electrons. The molecule has 2 aromatic carbocycles. The van der Waals surface area contributed by atoms with E-state index in [-0.39, 0.29) is 30.3 Å². The zero-order valence-electron chi connectivity index (χ0n) is 15.6. The third-order valence-electron chi connectivity index (χ3n) is 4.88. The van der Waals surface area contributed by atoms with Gasteiger partial charge in [0.25, 0.3) is 0 Å². The van der Waals surface area contributed by atoms with Gasteiger partial charge in [0.15, 0.2) is 0 Å². The Morgan fingerprint density at radius 2 is 1.67 bits per heavy atom. The number of carbonyl (C=O) groups is 1. The fourth-order valence-electron chi connectivity index (χ4n) is 3.48. The maximum absolute atomic E-state index is 13.2. The quantitative estimate of drug-likeness (QED) is 0.783. The van der Waals surface area contributed by atoms with Crippen LogP contribution in [0.25, 0.3) is 0 Å². The fraction of sp³-hybridized carbons (Fsp3) is 0.381. The van der Waals surface area contributed by atoms with Crippen molar-refractivity contribution in [2.75, 3.05) is 31.5 Å². The number of hydrogen-bond donors (Lipinski definition) is 1. The van der Waals surface area contributed by atoms with Gasteiger partial charge in [0, 0.05) is 37.9 Å². The van der Waals surface area contributed by atoms with Crippen LogP contribution in [-0.4, -0.2) is 42.0 Å². The van der Waals surface area contributed by atoms with E-state index in [1.54, 1.807) is 0 Å². The van der Waals surface area contributed by atoms with Gasteiger partial charge in [-0.2, -0.15) is 0 Å². The minimum Gasteiger partial charge on any atom is -0.322 e. The van der Waals surface area contributed by atoms with Crippen molar-refractivity contribution in [1.29, 1.82) is 0 Å². The van der Waals surface area contributed by atoms with Crippen LogP contribution in [0.15, 0.2) is 54.6 Å². The summed E-state index contributed by atoms with van der Waals surface area (Å²) in [6.45, 7) is 5.20. The molecule has 1 aliphatic rings. The van der Waals surface area contributed by atoms with Crippen LogP contribution in [0.1, 0.15) is 31.4 Å². The summed E-state index contributed by atoms with van der Waals surface area (Å²) < 4.78 is 13.2. The van der Waals surface area contributed by atoms with E-state index in [0.29, 0.717) is 13.1 Å². The summed E-state index contributed by atoms with van der Waals surface area (Å²) in [5, 5.41) is 2.95. The lowest BCUT2D eigenvalue weighted by molar-refractivity contribution is 0.108. The molecule has 27 heavy (non-hydrogen) atoms. The van der Waals surface area contributed by atoms with Crippen molar-refractivity contribution < 1.29 is 9.18 Å². The second-order valence-electron chi connectivity index (χ2n) is 6.68. The van der Waals surface area contributed by atoms with Gasteiger partial charge in [-0.3, -0.25) is 4.90 Å². The number of nitrogens with one attached hydrogen (secondary N) is 1. The molecule has 1 unspecified atom stereocenters. The van der Waals surface area contributed by atoms with Crippen molar-refractivity contribution in [3.05, 3.63) is 66.0 Å². The van der Waals surface area contributed by atoms with Gasteiger partial charge in [0.2, 0.25) is 0 Å². The molecule has 0 saturated carbocycles. The van der Waals surface area contributed by atoms with Gasteiger partial charge in [-0.25, -0.2) is 9.18 Å². The van der Waals surface area contributed by atoms with Gasteiger partial charge in [-0.1, -0.05) is 43.7 Å². The number of rotatable bonds is 5. The van der Waals surface area contributed by atoms with E-state index in [9.17, 15) is 9.18 Å². The summed E-state index contributed by atoms with van der Waals surface area (Å²) in [4.78, 5) is 16.7. The Morgan fingerprint density at radius 3 is 2.26 bits per heavy atom. The van der Waals surface area contributed by atoms with Crippen LogP contribution in [0.5, 0.6) is 0 Å². The Hall–Kier alpha value is -2.11. The number of urea groups is 1. The average molecular weight is 392 g/mol. The Kier molecular flexibility index (Phi) is 8.07. The topological polar surface area (TPSA) is 35.6 Å². The predicted molar refractivity (Wildman–Crippen MR) is 110 cm³/mol. The van der Waals surface area contributed by atoms with Crippen molar-refractivity contribution >= 4 is 24.1 Å². The van der Waals surface area contributed by atoms with E-state index in [1.807, 2.05) is 47.4 Å². The number of nitrogens with zero attached hydrogens (tertiary/aromatic N) is 2. The molecule has 1 N–H and O–H groups in total. The summed E-state index contributed by atoms with van der Waals surface area (Å²) >= 11 is 0. The first kappa shape index (κ1) is 21.2. The molecule has 1 saturated heterocycles. The van der Waals surface area contributed by atoms with E-state index in [1.165, 1.54) is 12.1 Å². The lowest BCUT2D eigenvalue weighted by atomic mass is 10.00. The monoisotopic (exact) mass is 391 g/mol. The Morgan fingerprint density at radius 1 is 1.04 bits per heavy atom. The molecule has 6 heteroatoms.